The van der Waals surface area contributed by atoms with Gasteiger partial charge in [-0.15, -0.1) is 0 Å². The molecule has 1 aliphatic rings. The predicted molar refractivity (Wildman–Crippen MR) is 74.3 cm³/mol. The number of fused-ring (bicyclic) bond motifs is 1. The van der Waals surface area contributed by atoms with Gasteiger partial charge in [0.15, 0.2) is 11.5 Å². The topological polar surface area (TPSA) is 59.2 Å². The molecule has 1 aromatic carbocycles. The molecule has 0 amide bonds. The van der Waals surface area contributed by atoms with Gasteiger partial charge in [0.05, 0.1) is 10.7 Å². The van der Waals surface area contributed by atoms with Crippen LogP contribution in [0.1, 0.15) is 11.1 Å². The lowest BCUT2D eigenvalue weighted by molar-refractivity contribution is 0.170. The quantitative estimate of drug-likeness (QED) is 0.905. The summed E-state index contributed by atoms with van der Waals surface area (Å²) in [6.07, 6.45) is 3.69. The highest BCUT2D eigenvalue weighted by molar-refractivity contribution is 9.10. The number of nitrogens with zero attached hydrogens (tertiary/aromatic N) is 1. The van der Waals surface area contributed by atoms with E-state index in [0.717, 1.165) is 40.2 Å². The Morgan fingerprint density at radius 2 is 2.05 bits per heavy atom. The van der Waals surface area contributed by atoms with Gasteiger partial charge in [-0.3, -0.25) is 5.10 Å². The van der Waals surface area contributed by atoms with Crippen molar-refractivity contribution >= 4 is 15.9 Å². The molecule has 0 radical (unpaired) electrons. The van der Waals surface area contributed by atoms with Crippen molar-refractivity contribution in [1.29, 1.82) is 0 Å². The van der Waals surface area contributed by atoms with Crippen LogP contribution >= 0.6 is 15.9 Å². The van der Waals surface area contributed by atoms with Crippen LogP contribution < -0.4 is 14.8 Å². The monoisotopic (exact) mass is 323 g/mol. The molecule has 2 aromatic rings. The van der Waals surface area contributed by atoms with Gasteiger partial charge in [0.25, 0.3) is 0 Å². The minimum Gasteiger partial charge on any atom is -0.486 e. The number of H-pyrrole nitrogens is 1. The van der Waals surface area contributed by atoms with E-state index in [0.29, 0.717) is 13.2 Å². The molecule has 0 saturated heterocycles. The third kappa shape index (κ3) is 2.90. The Kier molecular flexibility index (Phi) is 3.70. The molecular weight excluding hydrogens is 310 g/mol. The zero-order valence-corrected chi connectivity index (χ0v) is 11.9. The highest BCUT2D eigenvalue weighted by Crippen LogP contribution is 2.38. The molecule has 6 heteroatoms. The summed E-state index contributed by atoms with van der Waals surface area (Å²) in [4.78, 5) is 0. The van der Waals surface area contributed by atoms with E-state index in [-0.39, 0.29) is 0 Å². The molecular formula is C13H14BrN3O2. The van der Waals surface area contributed by atoms with Crippen LogP contribution in [0.2, 0.25) is 0 Å². The first-order chi connectivity index (χ1) is 9.33. The smallest absolute Gasteiger partial charge is 0.175 e. The van der Waals surface area contributed by atoms with E-state index in [1.807, 2.05) is 18.5 Å². The number of benzene rings is 1. The number of hydrogen-bond donors (Lipinski definition) is 2. The van der Waals surface area contributed by atoms with E-state index in [1.165, 1.54) is 0 Å². The number of aromatic amines is 1. The van der Waals surface area contributed by atoms with E-state index in [4.69, 9.17) is 9.47 Å². The van der Waals surface area contributed by atoms with E-state index in [1.54, 1.807) is 0 Å². The van der Waals surface area contributed by atoms with Crippen LogP contribution in [0.25, 0.3) is 0 Å². The summed E-state index contributed by atoms with van der Waals surface area (Å²) in [6.45, 7) is 2.75. The van der Waals surface area contributed by atoms with Crippen LogP contribution in [0, 0.1) is 0 Å². The van der Waals surface area contributed by atoms with Crippen LogP contribution in [0.5, 0.6) is 11.5 Å². The number of nitrogens with one attached hydrogen (secondary N) is 2. The normalized spacial score (nSPS) is 13.5. The molecule has 1 aliphatic heterocycles. The Balaban J connectivity index is 1.66. The number of ether oxygens (including phenoxy) is 2. The molecule has 0 atom stereocenters. The Morgan fingerprint density at radius 1 is 1.21 bits per heavy atom. The van der Waals surface area contributed by atoms with Crippen LogP contribution in [-0.4, -0.2) is 23.4 Å². The van der Waals surface area contributed by atoms with Gasteiger partial charge in [-0.1, -0.05) is 0 Å². The lowest BCUT2D eigenvalue weighted by atomic mass is 10.2. The van der Waals surface area contributed by atoms with Gasteiger partial charge in [-0.05, 0) is 33.6 Å². The van der Waals surface area contributed by atoms with Gasteiger partial charge < -0.3 is 14.8 Å². The summed E-state index contributed by atoms with van der Waals surface area (Å²) in [7, 11) is 0. The second-order valence-corrected chi connectivity index (χ2v) is 5.17. The SMILES string of the molecule is Brc1cc(CNCc2cn[nH]c2)cc2c1OCCO2. The maximum Gasteiger partial charge on any atom is 0.175 e. The van der Waals surface area contributed by atoms with Crippen LogP contribution in [0.3, 0.4) is 0 Å². The number of hydrogen-bond acceptors (Lipinski definition) is 4. The van der Waals surface area contributed by atoms with Gasteiger partial charge in [0.1, 0.15) is 13.2 Å². The minimum atomic E-state index is 0.601. The van der Waals surface area contributed by atoms with Gasteiger partial charge in [-0.2, -0.15) is 5.10 Å². The second-order valence-electron chi connectivity index (χ2n) is 4.31. The highest BCUT2D eigenvalue weighted by Gasteiger charge is 2.16. The van der Waals surface area contributed by atoms with Crippen molar-refractivity contribution in [3.63, 3.8) is 0 Å². The number of rotatable bonds is 4. The van der Waals surface area contributed by atoms with Crippen LogP contribution in [0.15, 0.2) is 29.0 Å². The van der Waals surface area contributed by atoms with E-state index in [2.05, 4.69) is 37.5 Å². The Bertz CT molecular complexity index is 557. The molecule has 0 unspecified atom stereocenters. The summed E-state index contributed by atoms with van der Waals surface area (Å²) in [5.41, 5.74) is 2.29. The molecule has 100 valence electrons. The molecule has 0 saturated carbocycles. The lowest BCUT2D eigenvalue weighted by Crippen LogP contribution is -2.17. The first-order valence-electron chi connectivity index (χ1n) is 6.09. The number of aromatic nitrogens is 2. The average molecular weight is 324 g/mol. The van der Waals surface area contributed by atoms with E-state index in [9.17, 15) is 0 Å². The predicted octanol–water partition coefficient (Wildman–Crippen LogP) is 2.23. The van der Waals surface area contributed by atoms with Crippen molar-refractivity contribution in [2.75, 3.05) is 13.2 Å². The average Bonchev–Trinajstić information content (AvgIpc) is 2.92. The molecule has 0 aliphatic carbocycles. The summed E-state index contributed by atoms with van der Waals surface area (Å²) in [6, 6.07) is 4.07. The Morgan fingerprint density at radius 3 is 2.89 bits per heavy atom. The van der Waals surface area contributed by atoms with Gasteiger partial charge in [0.2, 0.25) is 0 Å². The second kappa shape index (κ2) is 5.63. The molecule has 0 bridgehead atoms. The minimum absolute atomic E-state index is 0.601. The molecule has 19 heavy (non-hydrogen) atoms. The van der Waals surface area contributed by atoms with Crippen LogP contribution in [0.4, 0.5) is 0 Å². The molecule has 1 aromatic heterocycles. The fraction of sp³-hybridized carbons (Fsp3) is 0.308. The van der Waals surface area contributed by atoms with Crippen molar-refractivity contribution in [3.8, 4) is 11.5 Å². The third-order valence-electron chi connectivity index (χ3n) is 2.87. The van der Waals surface area contributed by atoms with Crippen molar-refractivity contribution < 1.29 is 9.47 Å². The largest absolute Gasteiger partial charge is 0.486 e. The van der Waals surface area contributed by atoms with Crippen molar-refractivity contribution in [2.45, 2.75) is 13.1 Å². The number of halogens is 1. The Hall–Kier alpha value is -1.53. The summed E-state index contributed by atoms with van der Waals surface area (Å²) < 4.78 is 12.1. The van der Waals surface area contributed by atoms with Crippen molar-refractivity contribution in [1.82, 2.24) is 15.5 Å². The maximum atomic E-state index is 5.60. The van der Waals surface area contributed by atoms with E-state index >= 15 is 0 Å². The Labute approximate surface area is 119 Å². The molecule has 5 nitrogen and oxygen atoms in total. The molecule has 3 rings (SSSR count). The molecule has 2 heterocycles. The van der Waals surface area contributed by atoms with E-state index < -0.39 is 0 Å². The molecule has 0 fully saturated rings. The first-order valence-corrected chi connectivity index (χ1v) is 6.88. The summed E-state index contributed by atoms with van der Waals surface area (Å²) >= 11 is 3.52. The molecule has 2 N–H and O–H groups in total. The van der Waals surface area contributed by atoms with Gasteiger partial charge in [0, 0.05) is 24.8 Å². The fourth-order valence-electron chi connectivity index (χ4n) is 1.99. The standard InChI is InChI=1S/C13H14BrN3O2/c14-11-3-9(4-12-13(11)19-2-1-18-12)5-15-6-10-7-16-17-8-10/h3-4,7-8,15H,1-2,5-6H2,(H,16,17). The fourth-order valence-corrected chi connectivity index (χ4v) is 2.60. The van der Waals surface area contributed by atoms with Crippen LogP contribution in [-0.2, 0) is 13.1 Å². The maximum absolute atomic E-state index is 5.60. The summed E-state index contributed by atoms with van der Waals surface area (Å²) in [5.74, 6) is 1.60. The highest BCUT2D eigenvalue weighted by atomic mass is 79.9. The zero-order valence-electron chi connectivity index (χ0n) is 10.3. The third-order valence-corrected chi connectivity index (χ3v) is 3.46. The van der Waals surface area contributed by atoms with Gasteiger partial charge in [-0.25, -0.2) is 0 Å². The zero-order chi connectivity index (χ0) is 13.1. The lowest BCUT2D eigenvalue weighted by Gasteiger charge is -2.20. The first kappa shape index (κ1) is 12.5. The van der Waals surface area contributed by atoms with Crippen molar-refractivity contribution in [2.24, 2.45) is 0 Å². The summed E-state index contributed by atoms with van der Waals surface area (Å²) in [5, 5.41) is 10.1. The van der Waals surface area contributed by atoms with Gasteiger partial charge >= 0.3 is 0 Å². The van der Waals surface area contributed by atoms with Crippen molar-refractivity contribution in [3.05, 3.63) is 40.1 Å². The molecule has 0 spiro atoms.